The summed E-state index contributed by atoms with van der Waals surface area (Å²) in [5.41, 5.74) is 3.49. The topological polar surface area (TPSA) is 104 Å². The van der Waals surface area contributed by atoms with E-state index in [0.29, 0.717) is 10.4 Å². The molecule has 0 N–H and O–H groups in total. The Morgan fingerprint density at radius 1 is 1.23 bits per heavy atom. The highest BCUT2D eigenvalue weighted by molar-refractivity contribution is 7.16. The number of aryl methyl sites for hydroxylation is 2. The van der Waals surface area contributed by atoms with Gasteiger partial charge in [-0.25, -0.2) is 0 Å². The van der Waals surface area contributed by atoms with Gasteiger partial charge in [-0.3, -0.25) is 19.7 Å². The predicted octanol–water partition coefficient (Wildman–Crippen LogP) is 3.54. The molecule has 154 valence electrons. The first kappa shape index (κ1) is 21.1. The zero-order chi connectivity index (χ0) is 21.8. The minimum Gasteiger partial charge on any atom is -0.468 e. The van der Waals surface area contributed by atoms with Gasteiger partial charge in [-0.2, -0.15) is 4.99 Å². The quantitative estimate of drug-likeness (QED) is 0.269. The number of nitro benzene ring substituents is 1. The van der Waals surface area contributed by atoms with Gasteiger partial charge in [0.05, 0.1) is 22.2 Å². The van der Waals surface area contributed by atoms with Crippen molar-refractivity contribution in [1.29, 1.82) is 0 Å². The van der Waals surface area contributed by atoms with Gasteiger partial charge >= 0.3 is 5.97 Å². The van der Waals surface area contributed by atoms with Gasteiger partial charge in [-0.1, -0.05) is 17.4 Å². The van der Waals surface area contributed by atoms with Crippen molar-refractivity contribution in [2.75, 3.05) is 7.11 Å². The van der Waals surface area contributed by atoms with Gasteiger partial charge in [0.15, 0.2) is 4.80 Å². The zero-order valence-corrected chi connectivity index (χ0v) is 17.4. The maximum absolute atomic E-state index is 12.4. The Bertz CT molecular complexity index is 1240. The van der Waals surface area contributed by atoms with Crippen LogP contribution in [0.5, 0.6) is 0 Å². The summed E-state index contributed by atoms with van der Waals surface area (Å²) >= 11 is 1.33. The summed E-state index contributed by atoms with van der Waals surface area (Å²) in [4.78, 5) is 39.1. The number of nitrogens with zero attached hydrogens (tertiary/aromatic N) is 3. The normalized spacial score (nSPS) is 11.9. The summed E-state index contributed by atoms with van der Waals surface area (Å²) < 4.78 is 7.39. The van der Waals surface area contributed by atoms with Crippen molar-refractivity contribution in [2.45, 2.75) is 20.4 Å². The summed E-state index contributed by atoms with van der Waals surface area (Å²) in [5, 5.41) is 10.7. The van der Waals surface area contributed by atoms with Crippen LogP contribution in [0.25, 0.3) is 16.3 Å². The van der Waals surface area contributed by atoms with Crippen LogP contribution in [0.4, 0.5) is 5.69 Å². The van der Waals surface area contributed by atoms with Crippen molar-refractivity contribution in [3.8, 4) is 0 Å². The Morgan fingerprint density at radius 2 is 1.93 bits per heavy atom. The number of carbonyl (C=O) groups is 2. The van der Waals surface area contributed by atoms with Crippen molar-refractivity contribution in [3.05, 3.63) is 74.1 Å². The highest BCUT2D eigenvalue weighted by atomic mass is 32.1. The molecule has 0 radical (unpaired) electrons. The lowest BCUT2D eigenvalue weighted by Crippen LogP contribution is -2.22. The van der Waals surface area contributed by atoms with Crippen LogP contribution in [-0.2, 0) is 20.9 Å². The standard InChI is InChI=1S/C21H19N3O5S/c1-13-10-14(2)20-17(11-13)23(12-19(26)29-3)21(30-20)22-18(25)9-6-15-4-7-16(8-5-15)24(27)28/h4-11H,12H2,1-3H3/b9-6-,22-21?. The van der Waals surface area contributed by atoms with Crippen LogP contribution < -0.4 is 4.80 Å². The lowest BCUT2D eigenvalue weighted by molar-refractivity contribution is -0.384. The summed E-state index contributed by atoms with van der Waals surface area (Å²) in [7, 11) is 1.31. The first-order chi connectivity index (χ1) is 14.3. The second kappa shape index (κ2) is 8.83. The van der Waals surface area contributed by atoms with Crippen LogP contribution in [0.15, 0.2) is 47.5 Å². The molecule has 1 aromatic heterocycles. The first-order valence-corrected chi connectivity index (χ1v) is 9.79. The molecular weight excluding hydrogens is 406 g/mol. The number of hydrogen-bond donors (Lipinski definition) is 0. The van der Waals surface area contributed by atoms with Gasteiger partial charge < -0.3 is 9.30 Å². The molecule has 0 spiro atoms. The van der Waals surface area contributed by atoms with Crippen LogP contribution in [-0.4, -0.2) is 28.5 Å². The van der Waals surface area contributed by atoms with E-state index in [-0.39, 0.29) is 12.2 Å². The molecule has 0 saturated carbocycles. The van der Waals surface area contributed by atoms with Gasteiger partial charge in [0.25, 0.3) is 11.6 Å². The number of methoxy groups -OCH3 is 1. The molecule has 0 saturated heterocycles. The van der Waals surface area contributed by atoms with E-state index in [1.807, 2.05) is 26.0 Å². The largest absolute Gasteiger partial charge is 0.468 e. The molecule has 0 fully saturated rings. The average Bonchev–Trinajstić information content (AvgIpc) is 3.04. The second-order valence-corrected chi connectivity index (χ2v) is 7.59. The van der Waals surface area contributed by atoms with Crippen molar-refractivity contribution < 1.29 is 19.2 Å². The number of thiazole rings is 1. The molecule has 0 atom stereocenters. The average molecular weight is 425 g/mol. The summed E-state index contributed by atoms with van der Waals surface area (Å²) in [5.74, 6) is -0.947. The van der Waals surface area contributed by atoms with Crippen LogP contribution in [0, 0.1) is 24.0 Å². The monoisotopic (exact) mass is 425 g/mol. The number of non-ortho nitro benzene ring substituents is 1. The number of carbonyl (C=O) groups excluding carboxylic acids is 2. The van der Waals surface area contributed by atoms with Gasteiger partial charge in [0.2, 0.25) is 0 Å². The van der Waals surface area contributed by atoms with Gasteiger partial charge in [0, 0.05) is 18.2 Å². The fraction of sp³-hybridized carbons (Fsp3) is 0.190. The van der Waals surface area contributed by atoms with E-state index in [2.05, 4.69) is 4.99 Å². The Balaban J connectivity index is 1.98. The lowest BCUT2D eigenvalue weighted by Gasteiger charge is -2.05. The van der Waals surface area contributed by atoms with Gasteiger partial charge in [-0.05, 0) is 54.8 Å². The Morgan fingerprint density at radius 3 is 2.57 bits per heavy atom. The Kier molecular flexibility index (Phi) is 6.22. The second-order valence-electron chi connectivity index (χ2n) is 6.61. The fourth-order valence-electron chi connectivity index (χ4n) is 2.95. The minimum atomic E-state index is -0.507. The molecule has 0 aliphatic carbocycles. The maximum atomic E-state index is 12.4. The molecule has 30 heavy (non-hydrogen) atoms. The molecule has 3 rings (SSSR count). The molecule has 2 aromatic carbocycles. The van der Waals surface area contributed by atoms with Crippen molar-refractivity contribution in [2.24, 2.45) is 4.99 Å². The zero-order valence-electron chi connectivity index (χ0n) is 16.6. The fourth-order valence-corrected chi connectivity index (χ4v) is 4.04. The van der Waals surface area contributed by atoms with Crippen molar-refractivity contribution in [1.82, 2.24) is 4.57 Å². The molecule has 1 amide bonds. The summed E-state index contributed by atoms with van der Waals surface area (Å²) in [6.45, 7) is 3.87. The molecule has 0 aliphatic rings. The van der Waals surface area contributed by atoms with E-state index in [9.17, 15) is 19.7 Å². The number of aromatic nitrogens is 1. The number of benzene rings is 2. The number of hydrogen-bond acceptors (Lipinski definition) is 6. The van der Waals surface area contributed by atoms with Crippen LogP contribution in [0.2, 0.25) is 0 Å². The van der Waals surface area contributed by atoms with E-state index in [0.717, 1.165) is 21.3 Å². The lowest BCUT2D eigenvalue weighted by atomic mass is 10.1. The smallest absolute Gasteiger partial charge is 0.325 e. The van der Waals surface area contributed by atoms with E-state index in [1.165, 1.54) is 42.7 Å². The Labute approximate surface area is 175 Å². The third kappa shape index (κ3) is 4.69. The van der Waals surface area contributed by atoms with Crippen molar-refractivity contribution >= 4 is 45.2 Å². The van der Waals surface area contributed by atoms with Crippen LogP contribution >= 0.6 is 11.3 Å². The number of ether oxygens (including phenoxy) is 1. The predicted molar refractivity (Wildman–Crippen MR) is 114 cm³/mol. The Hall–Kier alpha value is -3.59. The molecule has 3 aromatic rings. The molecule has 1 heterocycles. The number of amides is 1. The SMILES string of the molecule is COC(=O)Cn1c(=NC(=O)/C=C\c2ccc([N+](=O)[O-])cc2)sc2c(C)cc(C)cc21. The highest BCUT2D eigenvalue weighted by Crippen LogP contribution is 2.23. The molecule has 0 aliphatic heterocycles. The molecule has 9 heteroatoms. The van der Waals surface area contributed by atoms with Gasteiger partial charge in [0.1, 0.15) is 6.54 Å². The molecule has 8 nitrogen and oxygen atoms in total. The van der Waals surface area contributed by atoms with E-state index in [4.69, 9.17) is 4.74 Å². The molecule has 0 unspecified atom stereocenters. The summed E-state index contributed by atoms with van der Waals surface area (Å²) in [6.07, 6.45) is 2.81. The first-order valence-electron chi connectivity index (χ1n) is 8.97. The van der Waals surface area contributed by atoms with E-state index >= 15 is 0 Å². The van der Waals surface area contributed by atoms with E-state index < -0.39 is 16.8 Å². The van der Waals surface area contributed by atoms with Crippen molar-refractivity contribution in [3.63, 3.8) is 0 Å². The number of nitro groups is 1. The molecular formula is C21H19N3O5S. The van der Waals surface area contributed by atoms with Gasteiger partial charge in [-0.15, -0.1) is 0 Å². The van der Waals surface area contributed by atoms with Crippen LogP contribution in [0.3, 0.4) is 0 Å². The number of esters is 1. The molecule has 0 bridgehead atoms. The van der Waals surface area contributed by atoms with Crippen LogP contribution in [0.1, 0.15) is 16.7 Å². The number of fused-ring (bicyclic) bond motifs is 1. The third-order valence-electron chi connectivity index (χ3n) is 4.36. The van der Waals surface area contributed by atoms with E-state index in [1.54, 1.807) is 16.7 Å². The number of rotatable bonds is 5. The summed E-state index contributed by atoms with van der Waals surface area (Å²) in [6, 6.07) is 9.79. The third-order valence-corrected chi connectivity index (χ3v) is 5.59. The minimum absolute atomic E-state index is 0.0250. The highest BCUT2D eigenvalue weighted by Gasteiger charge is 2.13. The maximum Gasteiger partial charge on any atom is 0.325 e.